The molecule has 0 saturated carbocycles. The summed E-state index contributed by atoms with van der Waals surface area (Å²) in [6.07, 6.45) is 1.39. The van der Waals surface area contributed by atoms with Gasteiger partial charge >= 0.3 is 5.82 Å². The van der Waals surface area contributed by atoms with Gasteiger partial charge in [-0.1, -0.05) is 5.16 Å². The molecule has 9 heteroatoms. The summed E-state index contributed by atoms with van der Waals surface area (Å²) in [5, 5.41) is 25.4. The molecule has 0 aliphatic rings. The Labute approximate surface area is 84.6 Å². The molecule has 1 heterocycles. The second-order valence-corrected chi connectivity index (χ2v) is 2.80. The van der Waals surface area contributed by atoms with Gasteiger partial charge in [-0.25, -0.2) is 0 Å². The van der Waals surface area contributed by atoms with Gasteiger partial charge in [-0.15, -0.1) is 0 Å². The summed E-state index contributed by atoms with van der Waals surface area (Å²) in [6.45, 7) is 0. The highest BCUT2D eigenvalue weighted by Gasteiger charge is 2.22. The molecule has 0 spiro atoms. The Hall–Kier alpha value is -2.32. The summed E-state index contributed by atoms with van der Waals surface area (Å²) in [7, 11) is 3.47. The molecule has 0 bridgehead atoms. The average Bonchev–Trinajstić information content (AvgIpc) is 2.55. The third-order valence-electron chi connectivity index (χ3n) is 1.36. The van der Waals surface area contributed by atoms with Crippen LogP contribution >= 0.6 is 0 Å². The number of amidine groups is 1. The number of aliphatic imine (C=N–C) groups is 1. The average molecular weight is 214 g/mol. The van der Waals surface area contributed by atoms with Crippen LogP contribution in [0, 0.1) is 5.21 Å². The van der Waals surface area contributed by atoms with Crippen molar-refractivity contribution in [3.8, 4) is 0 Å². The predicted octanol–water partition coefficient (Wildman–Crippen LogP) is -1.38. The van der Waals surface area contributed by atoms with Crippen molar-refractivity contribution in [3.05, 3.63) is 10.9 Å². The summed E-state index contributed by atoms with van der Waals surface area (Å²) in [6, 6.07) is 0. The summed E-state index contributed by atoms with van der Waals surface area (Å²) >= 11 is 0. The Morgan fingerprint density at radius 1 is 1.73 bits per heavy atom. The second-order valence-electron chi connectivity index (χ2n) is 2.80. The van der Waals surface area contributed by atoms with Gasteiger partial charge in [-0.2, -0.15) is 4.99 Å². The van der Waals surface area contributed by atoms with Crippen molar-refractivity contribution in [2.75, 3.05) is 14.1 Å². The topological polar surface area (TPSA) is 127 Å². The Bertz CT molecular complexity index is 396. The van der Waals surface area contributed by atoms with Crippen LogP contribution in [0.3, 0.4) is 0 Å². The van der Waals surface area contributed by atoms with Gasteiger partial charge in [-0.3, -0.25) is 4.63 Å². The van der Waals surface area contributed by atoms with E-state index in [4.69, 9.17) is 10.9 Å². The number of oxime groups is 1. The maximum absolute atomic E-state index is 11.0. The largest absolute Gasteiger partial charge is 0.409 e. The van der Waals surface area contributed by atoms with Gasteiger partial charge in [0.15, 0.2) is 0 Å². The highest BCUT2D eigenvalue weighted by molar-refractivity contribution is 5.97. The number of rotatable bonds is 3. The molecule has 1 rings (SSSR count). The van der Waals surface area contributed by atoms with Gasteiger partial charge in [0.2, 0.25) is 5.84 Å². The van der Waals surface area contributed by atoms with Crippen LogP contribution in [0.4, 0.5) is 5.82 Å². The minimum absolute atomic E-state index is 0.0113. The molecule has 0 aliphatic carbocycles. The van der Waals surface area contributed by atoms with Crippen LogP contribution in [0.25, 0.3) is 0 Å². The van der Waals surface area contributed by atoms with E-state index in [1.807, 2.05) is 0 Å². The molecular formula is C6H10N6O3. The van der Waals surface area contributed by atoms with Crippen LogP contribution in [0.15, 0.2) is 14.8 Å². The van der Waals surface area contributed by atoms with Gasteiger partial charge in [0, 0.05) is 14.1 Å². The van der Waals surface area contributed by atoms with Crippen LogP contribution in [-0.2, 0) is 0 Å². The molecule has 15 heavy (non-hydrogen) atoms. The van der Waals surface area contributed by atoms with Gasteiger partial charge in [0.05, 0.1) is 11.5 Å². The quantitative estimate of drug-likeness (QED) is 0.210. The van der Waals surface area contributed by atoms with E-state index >= 15 is 0 Å². The molecule has 0 saturated heterocycles. The van der Waals surface area contributed by atoms with Gasteiger partial charge in [-0.05, 0) is 4.90 Å². The fourth-order valence-corrected chi connectivity index (χ4v) is 0.752. The van der Waals surface area contributed by atoms with E-state index in [-0.39, 0.29) is 16.4 Å². The number of nitrogens with zero attached hydrogens (tertiary/aromatic N) is 5. The number of aromatic nitrogens is 2. The Morgan fingerprint density at radius 2 is 2.40 bits per heavy atom. The first-order chi connectivity index (χ1) is 7.06. The van der Waals surface area contributed by atoms with E-state index in [0.717, 1.165) is 0 Å². The van der Waals surface area contributed by atoms with Crippen molar-refractivity contribution in [1.82, 2.24) is 10.1 Å². The number of hydrogen-bond acceptors (Lipinski definition) is 6. The molecule has 9 nitrogen and oxygen atoms in total. The lowest BCUT2D eigenvalue weighted by molar-refractivity contribution is -0.803. The van der Waals surface area contributed by atoms with Crippen molar-refractivity contribution in [1.29, 1.82) is 0 Å². The van der Waals surface area contributed by atoms with E-state index in [1.54, 1.807) is 19.0 Å². The predicted molar refractivity (Wildman–Crippen MR) is 49.8 cm³/mol. The standard InChI is InChI=1S/C6H10N6O3/c1-11(2)3-8-6-4(5(7)9-13)12(14)15-10-6/h3,13H,1-2H3,(H2,7,9). The summed E-state index contributed by atoms with van der Waals surface area (Å²) in [4.78, 5) is 5.44. The van der Waals surface area contributed by atoms with Crippen LogP contribution < -0.4 is 10.6 Å². The molecule has 0 amide bonds. The fourth-order valence-electron chi connectivity index (χ4n) is 0.752. The lowest BCUT2D eigenvalue weighted by Crippen LogP contribution is -2.34. The molecule has 0 radical (unpaired) electrons. The number of nitrogens with two attached hydrogens (primary N) is 1. The molecule has 0 unspecified atom stereocenters. The molecule has 0 aliphatic heterocycles. The monoisotopic (exact) mass is 214 g/mol. The van der Waals surface area contributed by atoms with E-state index in [0.29, 0.717) is 0 Å². The molecular weight excluding hydrogens is 204 g/mol. The first-order valence-electron chi connectivity index (χ1n) is 3.84. The van der Waals surface area contributed by atoms with E-state index in [1.165, 1.54) is 6.34 Å². The third-order valence-corrected chi connectivity index (χ3v) is 1.36. The van der Waals surface area contributed by atoms with E-state index in [2.05, 4.69) is 19.9 Å². The smallest absolute Gasteiger partial charge is 0.346 e. The first-order valence-corrected chi connectivity index (χ1v) is 3.84. The van der Waals surface area contributed by atoms with Crippen LogP contribution in [-0.4, -0.2) is 41.5 Å². The Balaban J connectivity index is 3.09. The van der Waals surface area contributed by atoms with Crippen molar-refractivity contribution in [2.24, 2.45) is 15.9 Å². The highest BCUT2D eigenvalue weighted by Crippen LogP contribution is 2.10. The minimum Gasteiger partial charge on any atom is -0.409 e. The van der Waals surface area contributed by atoms with Crippen molar-refractivity contribution in [3.63, 3.8) is 0 Å². The van der Waals surface area contributed by atoms with Crippen LogP contribution in [0.1, 0.15) is 5.69 Å². The summed E-state index contributed by atoms with van der Waals surface area (Å²) < 4.78 is 4.26. The zero-order chi connectivity index (χ0) is 11.4. The second kappa shape index (κ2) is 4.26. The molecule has 1 aromatic heterocycles. The van der Waals surface area contributed by atoms with Gasteiger partial charge in [0.25, 0.3) is 5.69 Å². The SMILES string of the molecule is CN(C)C=Nc1no[n+]([O-])c1/C(N)=N/O. The lowest BCUT2D eigenvalue weighted by atomic mass is 10.4. The summed E-state index contributed by atoms with van der Waals surface area (Å²) in [5.74, 6) is -0.480. The Kier molecular flexibility index (Phi) is 3.06. The molecule has 1 aromatic rings. The lowest BCUT2D eigenvalue weighted by Gasteiger charge is -1.99. The molecule has 82 valence electrons. The van der Waals surface area contributed by atoms with Crippen LogP contribution in [0.5, 0.6) is 0 Å². The third kappa shape index (κ3) is 2.33. The van der Waals surface area contributed by atoms with E-state index < -0.39 is 5.84 Å². The van der Waals surface area contributed by atoms with Crippen molar-refractivity contribution in [2.45, 2.75) is 0 Å². The molecule has 0 atom stereocenters. The number of hydrogen-bond donors (Lipinski definition) is 2. The van der Waals surface area contributed by atoms with Gasteiger partial charge in [0.1, 0.15) is 0 Å². The first kappa shape index (κ1) is 10.8. The Morgan fingerprint density at radius 3 is 2.93 bits per heavy atom. The highest BCUT2D eigenvalue weighted by atomic mass is 16.8. The minimum atomic E-state index is -0.419. The normalized spacial score (nSPS) is 12.3. The zero-order valence-electron chi connectivity index (χ0n) is 8.15. The van der Waals surface area contributed by atoms with Gasteiger partial charge < -0.3 is 21.0 Å². The molecule has 0 fully saturated rings. The maximum Gasteiger partial charge on any atom is 0.346 e. The molecule has 3 N–H and O–H groups in total. The maximum atomic E-state index is 11.0. The summed E-state index contributed by atoms with van der Waals surface area (Å²) in [5.41, 5.74) is 5.00. The van der Waals surface area contributed by atoms with Crippen molar-refractivity contribution < 1.29 is 14.7 Å². The zero-order valence-corrected chi connectivity index (χ0v) is 8.15. The molecule has 0 aromatic carbocycles. The van der Waals surface area contributed by atoms with Crippen LogP contribution in [0.2, 0.25) is 0 Å². The fraction of sp³-hybridized carbons (Fsp3) is 0.333. The van der Waals surface area contributed by atoms with E-state index in [9.17, 15) is 5.21 Å². The van der Waals surface area contributed by atoms with Crippen molar-refractivity contribution >= 4 is 18.0 Å².